The minimum Gasteiger partial charge on any atom is -0.475 e. The first-order chi connectivity index (χ1) is 13.8. The minimum absolute atomic E-state index is 0.298. The third kappa shape index (κ3) is 3.60. The van der Waals surface area contributed by atoms with Gasteiger partial charge in [0, 0.05) is 23.9 Å². The lowest BCUT2D eigenvalue weighted by Crippen LogP contribution is -2.11. The van der Waals surface area contributed by atoms with Gasteiger partial charge in [0.25, 0.3) is 0 Å². The molecule has 0 fully saturated rings. The molecule has 1 aromatic carbocycles. The summed E-state index contributed by atoms with van der Waals surface area (Å²) in [5.74, 6) is 0.426. The van der Waals surface area contributed by atoms with E-state index in [1.54, 1.807) is 19.2 Å². The SMILES string of the molecule is COCCOc1nc2c(c(-c3ccccc3F)c1-c1nn[nH]n1)CCCCC2. The van der Waals surface area contributed by atoms with Crippen LogP contribution in [0.5, 0.6) is 5.88 Å². The van der Waals surface area contributed by atoms with Crippen LogP contribution in [0, 0.1) is 5.82 Å². The summed E-state index contributed by atoms with van der Waals surface area (Å²) in [5, 5.41) is 14.4. The van der Waals surface area contributed by atoms with Gasteiger partial charge in [-0.2, -0.15) is 5.21 Å². The lowest BCUT2D eigenvalue weighted by Gasteiger charge is -2.19. The number of rotatable bonds is 6. The first kappa shape index (κ1) is 18.5. The van der Waals surface area contributed by atoms with E-state index in [0.29, 0.717) is 36.0 Å². The average Bonchev–Trinajstić information content (AvgIpc) is 3.13. The fourth-order valence-electron chi connectivity index (χ4n) is 3.66. The van der Waals surface area contributed by atoms with Crippen LogP contribution < -0.4 is 4.74 Å². The van der Waals surface area contributed by atoms with Crippen LogP contribution in [0.4, 0.5) is 4.39 Å². The van der Waals surface area contributed by atoms with Gasteiger partial charge in [-0.1, -0.05) is 24.6 Å². The van der Waals surface area contributed by atoms with Crippen LogP contribution in [-0.2, 0) is 17.6 Å². The van der Waals surface area contributed by atoms with E-state index < -0.39 is 0 Å². The Balaban J connectivity index is 1.99. The maximum absolute atomic E-state index is 14.9. The molecule has 0 bridgehead atoms. The Hall–Kier alpha value is -2.87. The number of aromatic nitrogens is 5. The Bertz CT molecular complexity index is 946. The predicted molar refractivity (Wildman–Crippen MR) is 101 cm³/mol. The molecule has 4 rings (SSSR count). The van der Waals surface area contributed by atoms with Crippen molar-refractivity contribution < 1.29 is 13.9 Å². The molecule has 1 aliphatic rings. The highest BCUT2D eigenvalue weighted by Crippen LogP contribution is 2.42. The Morgan fingerprint density at radius 3 is 2.71 bits per heavy atom. The van der Waals surface area contributed by atoms with Crippen LogP contribution in [0.3, 0.4) is 0 Å². The van der Waals surface area contributed by atoms with Crippen molar-refractivity contribution in [1.29, 1.82) is 0 Å². The molecule has 0 radical (unpaired) electrons. The number of fused-ring (bicyclic) bond motifs is 1. The number of halogens is 1. The van der Waals surface area contributed by atoms with Gasteiger partial charge in [0.2, 0.25) is 11.7 Å². The van der Waals surface area contributed by atoms with Crippen molar-refractivity contribution in [3.05, 3.63) is 41.3 Å². The number of benzene rings is 1. The number of nitrogens with zero attached hydrogens (tertiary/aromatic N) is 4. The number of aryl methyl sites for hydroxylation is 1. The standard InChI is InChI=1S/C20H22FN5O2/c1-27-11-12-28-20-18(19-23-25-26-24-19)17(13-7-5-6-9-15(13)21)14-8-3-2-4-10-16(14)22-20/h5-7,9H,2-4,8,10-12H2,1H3,(H,23,24,25,26). The molecule has 0 saturated carbocycles. The van der Waals surface area contributed by atoms with Gasteiger partial charge in [0.05, 0.1) is 12.2 Å². The zero-order chi connectivity index (χ0) is 19.3. The van der Waals surface area contributed by atoms with E-state index in [0.717, 1.165) is 48.9 Å². The number of aromatic amines is 1. The van der Waals surface area contributed by atoms with Crippen molar-refractivity contribution >= 4 is 0 Å². The third-order valence-corrected chi connectivity index (χ3v) is 4.93. The smallest absolute Gasteiger partial charge is 0.225 e. The molecule has 1 N–H and O–H groups in total. The Labute approximate surface area is 162 Å². The number of hydrogen-bond donors (Lipinski definition) is 1. The van der Waals surface area contributed by atoms with Crippen LogP contribution >= 0.6 is 0 Å². The lowest BCUT2D eigenvalue weighted by atomic mass is 9.91. The summed E-state index contributed by atoms with van der Waals surface area (Å²) in [4.78, 5) is 4.79. The minimum atomic E-state index is -0.298. The summed E-state index contributed by atoms with van der Waals surface area (Å²) in [6.45, 7) is 0.739. The predicted octanol–water partition coefficient (Wildman–Crippen LogP) is 3.36. The van der Waals surface area contributed by atoms with E-state index in [2.05, 4.69) is 20.6 Å². The summed E-state index contributed by atoms with van der Waals surface area (Å²) >= 11 is 0. The quantitative estimate of drug-likeness (QED) is 0.519. The zero-order valence-electron chi connectivity index (χ0n) is 15.7. The van der Waals surface area contributed by atoms with E-state index in [1.807, 2.05) is 6.07 Å². The second-order valence-corrected chi connectivity index (χ2v) is 6.71. The molecule has 146 valence electrons. The summed E-state index contributed by atoms with van der Waals surface area (Å²) < 4.78 is 25.9. The van der Waals surface area contributed by atoms with Crippen molar-refractivity contribution in [2.75, 3.05) is 20.3 Å². The van der Waals surface area contributed by atoms with Crippen molar-refractivity contribution in [3.63, 3.8) is 0 Å². The highest BCUT2D eigenvalue weighted by Gasteiger charge is 2.27. The fourth-order valence-corrected chi connectivity index (χ4v) is 3.66. The molecule has 0 saturated heterocycles. The van der Waals surface area contributed by atoms with Crippen molar-refractivity contribution in [2.45, 2.75) is 32.1 Å². The molecule has 3 aromatic rings. The molecule has 0 amide bonds. The van der Waals surface area contributed by atoms with E-state index in [1.165, 1.54) is 6.07 Å². The number of H-pyrrole nitrogens is 1. The molecule has 1 aliphatic carbocycles. The van der Waals surface area contributed by atoms with Gasteiger partial charge < -0.3 is 9.47 Å². The number of pyridine rings is 1. The third-order valence-electron chi connectivity index (χ3n) is 4.93. The molecule has 2 aromatic heterocycles. The first-order valence-electron chi connectivity index (χ1n) is 9.45. The van der Waals surface area contributed by atoms with Gasteiger partial charge in [-0.3, -0.25) is 0 Å². The monoisotopic (exact) mass is 383 g/mol. The average molecular weight is 383 g/mol. The second kappa shape index (κ2) is 8.43. The Kier molecular flexibility index (Phi) is 5.57. The molecule has 0 spiro atoms. The van der Waals surface area contributed by atoms with Gasteiger partial charge in [0.15, 0.2) is 0 Å². The largest absolute Gasteiger partial charge is 0.475 e. The van der Waals surface area contributed by atoms with Crippen LogP contribution in [0.1, 0.15) is 30.5 Å². The van der Waals surface area contributed by atoms with Crippen molar-refractivity contribution in [3.8, 4) is 28.4 Å². The molecular weight excluding hydrogens is 361 g/mol. The second-order valence-electron chi connectivity index (χ2n) is 6.71. The van der Waals surface area contributed by atoms with E-state index in [-0.39, 0.29) is 5.82 Å². The van der Waals surface area contributed by atoms with Crippen molar-refractivity contribution in [2.24, 2.45) is 0 Å². The molecule has 28 heavy (non-hydrogen) atoms. The lowest BCUT2D eigenvalue weighted by molar-refractivity contribution is 0.144. The molecular formula is C20H22FN5O2. The number of hydrogen-bond acceptors (Lipinski definition) is 6. The molecule has 8 heteroatoms. The zero-order valence-corrected chi connectivity index (χ0v) is 15.7. The summed E-state index contributed by atoms with van der Waals surface area (Å²) in [6, 6.07) is 6.75. The number of nitrogens with one attached hydrogen (secondary N) is 1. The number of methoxy groups -OCH3 is 1. The summed E-state index contributed by atoms with van der Waals surface area (Å²) in [6.07, 6.45) is 4.87. The van der Waals surface area contributed by atoms with Gasteiger partial charge in [-0.05, 0) is 42.5 Å². The van der Waals surface area contributed by atoms with Crippen LogP contribution in [0.2, 0.25) is 0 Å². The Morgan fingerprint density at radius 2 is 1.93 bits per heavy atom. The highest BCUT2D eigenvalue weighted by atomic mass is 19.1. The van der Waals surface area contributed by atoms with E-state index in [9.17, 15) is 4.39 Å². The van der Waals surface area contributed by atoms with Gasteiger partial charge >= 0.3 is 0 Å². The normalized spacial score (nSPS) is 13.8. The van der Waals surface area contributed by atoms with Gasteiger partial charge in [-0.25, -0.2) is 9.37 Å². The molecule has 0 atom stereocenters. The summed E-state index contributed by atoms with van der Waals surface area (Å²) in [5.41, 5.74) is 3.81. The maximum Gasteiger partial charge on any atom is 0.225 e. The van der Waals surface area contributed by atoms with E-state index in [4.69, 9.17) is 14.5 Å². The number of tetrazole rings is 1. The van der Waals surface area contributed by atoms with Gasteiger partial charge in [-0.15, -0.1) is 10.2 Å². The first-order valence-corrected chi connectivity index (χ1v) is 9.45. The summed E-state index contributed by atoms with van der Waals surface area (Å²) in [7, 11) is 1.61. The van der Waals surface area contributed by atoms with Crippen LogP contribution in [-0.4, -0.2) is 45.9 Å². The number of ether oxygens (including phenoxy) is 2. The highest BCUT2D eigenvalue weighted by molar-refractivity contribution is 5.87. The molecule has 0 aliphatic heterocycles. The maximum atomic E-state index is 14.9. The molecule has 0 unspecified atom stereocenters. The van der Waals surface area contributed by atoms with Crippen LogP contribution in [0.15, 0.2) is 24.3 Å². The Morgan fingerprint density at radius 1 is 1.07 bits per heavy atom. The van der Waals surface area contributed by atoms with Gasteiger partial charge in [0.1, 0.15) is 12.4 Å². The van der Waals surface area contributed by atoms with Crippen LogP contribution in [0.25, 0.3) is 22.5 Å². The molecule has 7 nitrogen and oxygen atoms in total. The topological polar surface area (TPSA) is 85.8 Å². The fraction of sp³-hybridized carbons (Fsp3) is 0.400. The van der Waals surface area contributed by atoms with E-state index >= 15 is 0 Å². The van der Waals surface area contributed by atoms with Crippen molar-refractivity contribution in [1.82, 2.24) is 25.6 Å². The molecule has 2 heterocycles.